The second kappa shape index (κ2) is 9.80. The van der Waals surface area contributed by atoms with Gasteiger partial charge in [0.2, 0.25) is 0 Å². The van der Waals surface area contributed by atoms with Gasteiger partial charge >= 0.3 is 0 Å². The van der Waals surface area contributed by atoms with E-state index in [2.05, 4.69) is 62.4 Å². The molecule has 1 aliphatic carbocycles. The van der Waals surface area contributed by atoms with E-state index < -0.39 is 0 Å². The molecule has 1 aliphatic rings. The molecule has 0 bridgehead atoms. The Morgan fingerprint density at radius 2 is 1.38 bits per heavy atom. The molecule has 1 heteroatoms. The summed E-state index contributed by atoms with van der Waals surface area (Å²) in [7, 11) is 0. The Bertz CT molecular complexity index is 633. The number of benzene rings is 2. The molecular weight excluding hydrogens is 316 g/mol. The number of hydrogen-bond acceptors (Lipinski definition) is 1. The summed E-state index contributed by atoms with van der Waals surface area (Å²) in [5, 5.41) is 0. The Morgan fingerprint density at radius 1 is 0.769 bits per heavy atom. The first-order valence-corrected chi connectivity index (χ1v) is 10.6. The van der Waals surface area contributed by atoms with E-state index in [1.165, 1.54) is 62.5 Å². The second-order valence-corrected chi connectivity index (χ2v) is 7.92. The van der Waals surface area contributed by atoms with Gasteiger partial charge in [-0.05, 0) is 85.8 Å². The van der Waals surface area contributed by atoms with Gasteiger partial charge in [-0.1, -0.05) is 57.4 Å². The van der Waals surface area contributed by atoms with E-state index in [1.807, 2.05) is 0 Å². The maximum atomic E-state index is 6.03. The predicted octanol–water partition coefficient (Wildman–Crippen LogP) is 7.90. The lowest BCUT2D eigenvalue weighted by molar-refractivity contribution is 0.308. The van der Waals surface area contributed by atoms with Crippen LogP contribution in [0.4, 0.5) is 0 Å². The Balaban J connectivity index is 1.53. The number of aryl methyl sites for hydroxylation is 1. The minimum atomic E-state index is 0.745. The van der Waals surface area contributed by atoms with Crippen molar-refractivity contribution in [1.29, 1.82) is 0 Å². The first kappa shape index (κ1) is 19.0. The number of hydrogen-bond donors (Lipinski definition) is 0. The first-order chi connectivity index (χ1) is 12.8. The van der Waals surface area contributed by atoms with Gasteiger partial charge in [-0.15, -0.1) is 0 Å². The van der Waals surface area contributed by atoms with E-state index in [0.29, 0.717) is 0 Å². The van der Waals surface area contributed by atoms with Gasteiger partial charge in [-0.2, -0.15) is 0 Å². The van der Waals surface area contributed by atoms with Gasteiger partial charge in [0.15, 0.2) is 0 Å². The topological polar surface area (TPSA) is 9.23 Å². The van der Waals surface area contributed by atoms with Gasteiger partial charge in [-0.25, -0.2) is 0 Å². The molecule has 1 saturated carbocycles. The Hall–Kier alpha value is -1.76. The van der Waals surface area contributed by atoms with Crippen LogP contribution >= 0.6 is 0 Å². The van der Waals surface area contributed by atoms with Crippen LogP contribution in [0.1, 0.15) is 82.3 Å². The van der Waals surface area contributed by atoms with Gasteiger partial charge < -0.3 is 4.74 Å². The average molecular weight is 351 g/mol. The van der Waals surface area contributed by atoms with Crippen molar-refractivity contribution in [3.05, 3.63) is 59.7 Å². The van der Waals surface area contributed by atoms with E-state index in [-0.39, 0.29) is 0 Å². The Labute approximate surface area is 159 Å². The van der Waals surface area contributed by atoms with Crippen LogP contribution in [0.5, 0.6) is 11.5 Å². The quantitative estimate of drug-likeness (QED) is 0.470. The SMILES string of the molecule is CCCCc1ccc(Oc2ccc(C3CCC(CCC)CC3)cc2)cc1. The van der Waals surface area contributed by atoms with E-state index >= 15 is 0 Å². The fourth-order valence-electron chi connectivity index (χ4n) is 4.24. The molecule has 1 fully saturated rings. The summed E-state index contributed by atoms with van der Waals surface area (Å²) in [5.41, 5.74) is 2.88. The summed E-state index contributed by atoms with van der Waals surface area (Å²) in [6.45, 7) is 4.54. The molecular formula is C25H34O. The van der Waals surface area contributed by atoms with Crippen LogP contribution in [0.15, 0.2) is 48.5 Å². The minimum absolute atomic E-state index is 0.745. The second-order valence-electron chi connectivity index (χ2n) is 7.92. The van der Waals surface area contributed by atoms with E-state index in [1.54, 1.807) is 0 Å². The van der Waals surface area contributed by atoms with Gasteiger partial charge in [0.25, 0.3) is 0 Å². The van der Waals surface area contributed by atoms with Crippen molar-refractivity contribution < 1.29 is 4.74 Å². The highest BCUT2D eigenvalue weighted by molar-refractivity contribution is 5.35. The highest BCUT2D eigenvalue weighted by Crippen LogP contribution is 2.38. The highest BCUT2D eigenvalue weighted by Gasteiger charge is 2.21. The first-order valence-electron chi connectivity index (χ1n) is 10.6. The minimum Gasteiger partial charge on any atom is -0.457 e. The van der Waals surface area contributed by atoms with Gasteiger partial charge in [-0.3, -0.25) is 0 Å². The highest BCUT2D eigenvalue weighted by atomic mass is 16.5. The summed E-state index contributed by atoms with van der Waals surface area (Å²) < 4.78 is 6.03. The van der Waals surface area contributed by atoms with Crippen LogP contribution in [0.2, 0.25) is 0 Å². The normalized spacial score (nSPS) is 20.1. The maximum Gasteiger partial charge on any atom is 0.127 e. The van der Waals surface area contributed by atoms with Crippen LogP contribution in [0.25, 0.3) is 0 Å². The molecule has 2 aromatic carbocycles. The molecule has 0 N–H and O–H groups in total. The summed E-state index contributed by atoms with van der Waals surface area (Å²) in [6, 6.07) is 17.4. The zero-order valence-electron chi connectivity index (χ0n) is 16.5. The van der Waals surface area contributed by atoms with Crippen molar-refractivity contribution >= 4 is 0 Å². The monoisotopic (exact) mass is 350 g/mol. The van der Waals surface area contributed by atoms with Gasteiger partial charge in [0.1, 0.15) is 11.5 Å². The third kappa shape index (κ3) is 5.37. The third-order valence-corrected chi connectivity index (χ3v) is 5.87. The molecule has 140 valence electrons. The fourth-order valence-corrected chi connectivity index (χ4v) is 4.24. The lowest BCUT2D eigenvalue weighted by atomic mass is 9.77. The molecule has 0 saturated heterocycles. The zero-order valence-corrected chi connectivity index (χ0v) is 16.5. The van der Waals surface area contributed by atoms with Crippen molar-refractivity contribution in [2.24, 2.45) is 5.92 Å². The van der Waals surface area contributed by atoms with E-state index in [9.17, 15) is 0 Å². The van der Waals surface area contributed by atoms with Crippen molar-refractivity contribution in [3.63, 3.8) is 0 Å². The molecule has 2 aromatic rings. The predicted molar refractivity (Wildman–Crippen MR) is 111 cm³/mol. The molecule has 0 spiro atoms. The standard InChI is InChI=1S/C25H34O/c1-3-5-7-21-10-16-24(17-11-21)26-25-18-14-23(15-19-25)22-12-8-20(6-4-2)9-13-22/h10-11,14-20,22H,3-9,12-13H2,1-2H3. The Morgan fingerprint density at radius 3 is 1.96 bits per heavy atom. The Kier molecular flexibility index (Phi) is 7.17. The van der Waals surface area contributed by atoms with Crippen LogP contribution < -0.4 is 4.74 Å². The van der Waals surface area contributed by atoms with Crippen molar-refractivity contribution in [2.75, 3.05) is 0 Å². The van der Waals surface area contributed by atoms with Crippen LogP contribution in [0, 0.1) is 5.92 Å². The van der Waals surface area contributed by atoms with Gasteiger partial charge in [0, 0.05) is 0 Å². The van der Waals surface area contributed by atoms with E-state index in [4.69, 9.17) is 4.74 Å². The molecule has 0 heterocycles. The summed E-state index contributed by atoms with van der Waals surface area (Å²) in [4.78, 5) is 0. The molecule has 0 radical (unpaired) electrons. The van der Waals surface area contributed by atoms with E-state index in [0.717, 1.165) is 29.8 Å². The summed E-state index contributed by atoms with van der Waals surface area (Å²) >= 11 is 0. The smallest absolute Gasteiger partial charge is 0.127 e. The molecule has 0 amide bonds. The largest absolute Gasteiger partial charge is 0.457 e. The molecule has 0 unspecified atom stereocenters. The maximum absolute atomic E-state index is 6.03. The molecule has 26 heavy (non-hydrogen) atoms. The third-order valence-electron chi connectivity index (χ3n) is 5.87. The molecule has 0 atom stereocenters. The molecule has 1 nitrogen and oxygen atoms in total. The number of ether oxygens (including phenoxy) is 1. The van der Waals surface area contributed by atoms with Crippen molar-refractivity contribution in [3.8, 4) is 11.5 Å². The van der Waals surface area contributed by atoms with Crippen LogP contribution in [-0.2, 0) is 6.42 Å². The lowest BCUT2D eigenvalue weighted by Gasteiger charge is -2.28. The number of rotatable bonds is 8. The van der Waals surface area contributed by atoms with Crippen LogP contribution in [0.3, 0.4) is 0 Å². The average Bonchev–Trinajstić information content (AvgIpc) is 2.69. The zero-order chi connectivity index (χ0) is 18.2. The van der Waals surface area contributed by atoms with Crippen LogP contribution in [-0.4, -0.2) is 0 Å². The number of unbranched alkanes of at least 4 members (excludes halogenated alkanes) is 1. The lowest BCUT2D eigenvalue weighted by Crippen LogP contribution is -2.13. The van der Waals surface area contributed by atoms with Crippen molar-refractivity contribution in [2.45, 2.75) is 77.6 Å². The fraction of sp³-hybridized carbons (Fsp3) is 0.520. The summed E-state index contributed by atoms with van der Waals surface area (Å²) in [6.07, 6.45) is 11.9. The van der Waals surface area contributed by atoms with Crippen molar-refractivity contribution in [1.82, 2.24) is 0 Å². The molecule has 0 aromatic heterocycles. The molecule has 0 aliphatic heterocycles. The van der Waals surface area contributed by atoms with Gasteiger partial charge in [0.05, 0.1) is 0 Å². The molecule has 3 rings (SSSR count). The summed E-state index contributed by atoms with van der Waals surface area (Å²) in [5.74, 6) is 3.59.